The number of benzene rings is 1. The van der Waals surface area contributed by atoms with Gasteiger partial charge >= 0.3 is 0 Å². The van der Waals surface area contributed by atoms with Crippen LogP contribution in [0.25, 0.3) is 0 Å². The van der Waals surface area contributed by atoms with Crippen LogP contribution in [0.1, 0.15) is 11.1 Å². The first kappa shape index (κ1) is 10.5. The molecule has 0 amide bonds. The van der Waals surface area contributed by atoms with Gasteiger partial charge in [0, 0.05) is 17.0 Å². The first-order valence-corrected chi connectivity index (χ1v) is 4.59. The molecule has 0 bridgehead atoms. The molecule has 0 radical (unpaired) electrons. The molecule has 72 valence electrons. The number of halogens is 2. The Balaban J connectivity index is 2.96. The van der Waals surface area contributed by atoms with E-state index in [1.54, 1.807) is 24.4 Å². The summed E-state index contributed by atoms with van der Waals surface area (Å²) in [7, 11) is 3.59. The Hall–Kier alpha value is -0.600. The lowest BCUT2D eigenvalue weighted by Crippen LogP contribution is -2.77. The van der Waals surface area contributed by atoms with E-state index >= 15 is 0 Å². The van der Waals surface area contributed by atoms with Gasteiger partial charge < -0.3 is 5.32 Å². The van der Waals surface area contributed by atoms with Gasteiger partial charge in [-0.1, -0.05) is 17.7 Å². The maximum atomic E-state index is 13.5. The van der Waals surface area contributed by atoms with E-state index in [1.807, 2.05) is 0 Å². The van der Waals surface area contributed by atoms with Crippen molar-refractivity contribution in [2.24, 2.45) is 0 Å². The molecule has 0 aromatic heterocycles. The molecule has 0 aliphatic rings. The summed E-state index contributed by atoms with van der Waals surface area (Å²) in [6.45, 7) is 2.49. The van der Waals surface area contributed by atoms with Gasteiger partial charge in [0.05, 0.1) is 6.54 Å². The summed E-state index contributed by atoms with van der Waals surface area (Å²) in [6.07, 6.45) is 0.621. The SMILES string of the molecule is [CH2-][NH2+]CCc1c(Cl)ccc(C)c1F. The lowest BCUT2D eigenvalue weighted by Gasteiger charge is -2.07. The van der Waals surface area contributed by atoms with Gasteiger partial charge in [0.1, 0.15) is 5.82 Å². The molecule has 1 rings (SSSR count). The molecular weight excluding hydrogens is 189 g/mol. The highest BCUT2D eigenvalue weighted by Gasteiger charge is 2.09. The van der Waals surface area contributed by atoms with Gasteiger partial charge in [-0.3, -0.25) is 0 Å². The summed E-state index contributed by atoms with van der Waals surface area (Å²) in [5.41, 5.74) is 1.24. The predicted molar refractivity (Wildman–Crippen MR) is 52.0 cm³/mol. The number of aryl methyl sites for hydroxylation is 1. The van der Waals surface area contributed by atoms with E-state index in [1.165, 1.54) is 0 Å². The van der Waals surface area contributed by atoms with E-state index < -0.39 is 0 Å². The Kier molecular flexibility index (Phi) is 3.70. The largest absolute Gasteiger partial charge is 0.479 e. The van der Waals surface area contributed by atoms with Crippen LogP contribution in [-0.2, 0) is 6.42 Å². The molecule has 0 atom stereocenters. The van der Waals surface area contributed by atoms with Crippen molar-refractivity contribution in [2.75, 3.05) is 6.54 Å². The summed E-state index contributed by atoms with van der Waals surface area (Å²) in [5, 5.41) is 2.27. The van der Waals surface area contributed by atoms with Crippen LogP contribution >= 0.6 is 11.6 Å². The average Bonchev–Trinajstić information content (AvgIpc) is 2.12. The zero-order chi connectivity index (χ0) is 9.84. The zero-order valence-corrected chi connectivity index (χ0v) is 8.37. The minimum absolute atomic E-state index is 0.186. The Bertz CT molecular complexity index is 299. The summed E-state index contributed by atoms with van der Waals surface area (Å²) < 4.78 is 13.5. The molecule has 1 nitrogen and oxygen atoms in total. The fourth-order valence-corrected chi connectivity index (χ4v) is 1.43. The van der Waals surface area contributed by atoms with E-state index in [0.29, 0.717) is 22.6 Å². The van der Waals surface area contributed by atoms with Gasteiger partial charge in [-0.2, -0.15) is 7.05 Å². The lowest BCUT2D eigenvalue weighted by molar-refractivity contribution is -0.594. The Morgan fingerprint density at radius 1 is 1.54 bits per heavy atom. The predicted octanol–water partition coefficient (Wildman–Crippen LogP) is 1.69. The quantitative estimate of drug-likeness (QED) is 0.717. The third kappa shape index (κ3) is 2.42. The number of hydrogen-bond donors (Lipinski definition) is 1. The highest BCUT2D eigenvalue weighted by molar-refractivity contribution is 6.31. The minimum Gasteiger partial charge on any atom is -0.479 e. The maximum absolute atomic E-state index is 13.5. The zero-order valence-electron chi connectivity index (χ0n) is 7.61. The molecular formula is C10H13ClFN. The van der Waals surface area contributed by atoms with Crippen LogP contribution in [-0.4, -0.2) is 6.54 Å². The van der Waals surface area contributed by atoms with Gasteiger partial charge in [0.25, 0.3) is 0 Å². The van der Waals surface area contributed by atoms with Gasteiger partial charge in [-0.25, -0.2) is 4.39 Å². The molecule has 0 aliphatic carbocycles. The van der Waals surface area contributed by atoms with E-state index in [4.69, 9.17) is 11.6 Å². The third-order valence-corrected chi connectivity index (χ3v) is 2.33. The second-order valence-corrected chi connectivity index (χ2v) is 3.39. The molecule has 1 aromatic carbocycles. The van der Waals surface area contributed by atoms with Crippen LogP contribution in [0.3, 0.4) is 0 Å². The summed E-state index contributed by atoms with van der Waals surface area (Å²) in [6, 6.07) is 3.42. The van der Waals surface area contributed by atoms with Crippen LogP contribution < -0.4 is 5.32 Å². The number of hydrogen-bond acceptors (Lipinski definition) is 0. The standard InChI is InChI=1S/C10H13ClFN/c1-7-3-4-9(11)8(10(7)12)5-6-13-2/h3-4H,2,5-6,13H2,1H3. The Morgan fingerprint density at radius 2 is 2.23 bits per heavy atom. The molecule has 0 spiro atoms. The second kappa shape index (κ2) is 4.58. The van der Waals surface area contributed by atoms with Crippen molar-refractivity contribution in [3.63, 3.8) is 0 Å². The molecule has 0 saturated carbocycles. The second-order valence-electron chi connectivity index (χ2n) is 2.98. The maximum Gasteiger partial charge on any atom is 0.131 e. The molecule has 2 N–H and O–H groups in total. The first-order chi connectivity index (χ1) is 6.16. The normalized spacial score (nSPS) is 10.5. The van der Waals surface area contributed by atoms with Gasteiger partial charge in [-0.05, 0) is 18.6 Å². The molecule has 0 aliphatic heterocycles. The van der Waals surface area contributed by atoms with E-state index in [9.17, 15) is 4.39 Å². The van der Waals surface area contributed by atoms with Crippen LogP contribution in [0, 0.1) is 19.8 Å². The summed E-state index contributed by atoms with van der Waals surface area (Å²) in [5.74, 6) is -0.186. The molecule has 0 unspecified atom stereocenters. The van der Waals surface area contributed by atoms with Crippen LogP contribution in [0.15, 0.2) is 12.1 Å². The lowest BCUT2D eigenvalue weighted by atomic mass is 10.1. The van der Waals surface area contributed by atoms with Crippen LogP contribution in [0.4, 0.5) is 4.39 Å². The van der Waals surface area contributed by atoms with Crippen molar-refractivity contribution < 1.29 is 9.71 Å². The van der Waals surface area contributed by atoms with Crippen molar-refractivity contribution in [2.45, 2.75) is 13.3 Å². The summed E-state index contributed by atoms with van der Waals surface area (Å²) >= 11 is 5.86. The summed E-state index contributed by atoms with van der Waals surface area (Å²) in [4.78, 5) is 0. The van der Waals surface area contributed by atoms with Gasteiger partial charge in [-0.15, -0.1) is 0 Å². The highest BCUT2D eigenvalue weighted by Crippen LogP contribution is 2.21. The molecule has 0 saturated heterocycles. The van der Waals surface area contributed by atoms with Crippen molar-refractivity contribution in [1.82, 2.24) is 0 Å². The van der Waals surface area contributed by atoms with Crippen molar-refractivity contribution in [3.05, 3.63) is 41.1 Å². The van der Waals surface area contributed by atoms with E-state index in [0.717, 1.165) is 6.54 Å². The smallest absolute Gasteiger partial charge is 0.131 e. The Morgan fingerprint density at radius 3 is 2.85 bits per heavy atom. The third-order valence-electron chi connectivity index (χ3n) is 1.98. The fraction of sp³-hybridized carbons (Fsp3) is 0.300. The number of rotatable bonds is 3. The number of nitrogens with two attached hydrogens (primary N) is 1. The first-order valence-electron chi connectivity index (χ1n) is 4.21. The van der Waals surface area contributed by atoms with Gasteiger partial charge in [0.2, 0.25) is 0 Å². The van der Waals surface area contributed by atoms with Crippen LogP contribution in [0.5, 0.6) is 0 Å². The van der Waals surface area contributed by atoms with Crippen molar-refractivity contribution in [3.8, 4) is 0 Å². The molecule has 1 aromatic rings. The van der Waals surface area contributed by atoms with Gasteiger partial charge in [0.15, 0.2) is 0 Å². The average molecular weight is 202 g/mol. The molecule has 0 fully saturated rings. The minimum atomic E-state index is -0.186. The molecule has 3 heteroatoms. The monoisotopic (exact) mass is 201 g/mol. The molecule has 0 heterocycles. The van der Waals surface area contributed by atoms with Crippen molar-refractivity contribution in [1.29, 1.82) is 0 Å². The fourth-order valence-electron chi connectivity index (χ4n) is 1.19. The van der Waals surface area contributed by atoms with E-state index in [-0.39, 0.29) is 5.82 Å². The number of quaternary nitrogens is 1. The highest BCUT2D eigenvalue weighted by atomic mass is 35.5. The Labute approximate surface area is 82.9 Å². The van der Waals surface area contributed by atoms with E-state index in [2.05, 4.69) is 7.05 Å². The molecule has 13 heavy (non-hydrogen) atoms. The van der Waals surface area contributed by atoms with Crippen LogP contribution in [0.2, 0.25) is 5.02 Å². The van der Waals surface area contributed by atoms with Crippen molar-refractivity contribution >= 4 is 11.6 Å². The topological polar surface area (TPSA) is 16.6 Å².